The molecule has 0 amide bonds. The van der Waals surface area contributed by atoms with Gasteiger partial charge < -0.3 is 4.98 Å². The Morgan fingerprint density at radius 1 is 0.850 bits per heavy atom. The van der Waals surface area contributed by atoms with Crippen molar-refractivity contribution < 1.29 is 0 Å². The smallest absolute Gasteiger partial charge is 0.254 e. The van der Waals surface area contributed by atoms with Crippen LogP contribution < -0.4 is 5.56 Å². The van der Waals surface area contributed by atoms with E-state index in [1.807, 2.05) is 42.5 Å². The fourth-order valence-electron chi connectivity index (χ4n) is 2.21. The van der Waals surface area contributed by atoms with Crippen LogP contribution in [0.1, 0.15) is 5.56 Å². The van der Waals surface area contributed by atoms with Gasteiger partial charge in [-0.3, -0.25) is 4.79 Å². The van der Waals surface area contributed by atoms with Crippen molar-refractivity contribution in [2.45, 2.75) is 6.92 Å². The molecule has 1 heterocycles. The van der Waals surface area contributed by atoms with Crippen LogP contribution in [-0.2, 0) is 0 Å². The summed E-state index contributed by atoms with van der Waals surface area (Å²) in [6.07, 6.45) is 1.44. The molecule has 0 atom stereocenters. The molecular formula is C17H14N2O. The Kier molecular flexibility index (Phi) is 3.17. The normalized spacial score (nSPS) is 10.4. The van der Waals surface area contributed by atoms with Gasteiger partial charge in [0, 0.05) is 11.1 Å². The molecule has 0 aliphatic rings. The maximum atomic E-state index is 11.6. The number of nitrogens with zero attached hydrogens (tertiary/aromatic N) is 1. The van der Waals surface area contributed by atoms with Crippen molar-refractivity contribution in [3.05, 3.63) is 76.8 Å². The van der Waals surface area contributed by atoms with Gasteiger partial charge in [0.15, 0.2) is 0 Å². The molecular weight excluding hydrogens is 248 g/mol. The third-order valence-electron chi connectivity index (χ3n) is 3.35. The zero-order chi connectivity index (χ0) is 13.9. The molecule has 0 radical (unpaired) electrons. The molecule has 0 aliphatic heterocycles. The zero-order valence-corrected chi connectivity index (χ0v) is 11.1. The molecule has 0 spiro atoms. The zero-order valence-electron chi connectivity index (χ0n) is 11.1. The van der Waals surface area contributed by atoms with Crippen LogP contribution in [0.2, 0.25) is 0 Å². The molecule has 0 saturated carbocycles. The van der Waals surface area contributed by atoms with Gasteiger partial charge in [0.25, 0.3) is 5.56 Å². The topological polar surface area (TPSA) is 45.8 Å². The lowest BCUT2D eigenvalue weighted by atomic mass is 10.0. The van der Waals surface area contributed by atoms with E-state index in [0.717, 1.165) is 16.8 Å². The van der Waals surface area contributed by atoms with E-state index in [0.29, 0.717) is 5.56 Å². The molecule has 1 aromatic heterocycles. The van der Waals surface area contributed by atoms with Crippen LogP contribution in [0.25, 0.3) is 22.4 Å². The second kappa shape index (κ2) is 5.13. The fourth-order valence-corrected chi connectivity index (χ4v) is 2.21. The summed E-state index contributed by atoms with van der Waals surface area (Å²) in [5.74, 6) is 0. The molecule has 0 fully saturated rings. The number of hydrogen-bond donors (Lipinski definition) is 1. The van der Waals surface area contributed by atoms with E-state index in [-0.39, 0.29) is 5.56 Å². The Balaban J connectivity index is 2.02. The van der Waals surface area contributed by atoms with E-state index in [4.69, 9.17) is 0 Å². The van der Waals surface area contributed by atoms with Crippen molar-refractivity contribution in [3.8, 4) is 22.4 Å². The summed E-state index contributed by atoms with van der Waals surface area (Å²) in [5, 5.41) is 0. The Bertz CT molecular complexity index is 774. The minimum absolute atomic E-state index is 0.0952. The van der Waals surface area contributed by atoms with Gasteiger partial charge in [0.05, 0.1) is 12.0 Å². The number of rotatable bonds is 2. The standard InChI is InChI=1S/C17H14N2O/c1-12-16(18-11-19-17(12)20)15-9-7-14(8-10-15)13-5-3-2-4-6-13/h2-11H,1H3,(H,18,19,20). The van der Waals surface area contributed by atoms with E-state index in [2.05, 4.69) is 22.1 Å². The molecule has 1 N–H and O–H groups in total. The highest BCUT2D eigenvalue weighted by atomic mass is 16.1. The lowest BCUT2D eigenvalue weighted by Gasteiger charge is -2.06. The Morgan fingerprint density at radius 2 is 1.45 bits per heavy atom. The van der Waals surface area contributed by atoms with Gasteiger partial charge in [-0.05, 0) is 18.1 Å². The van der Waals surface area contributed by atoms with E-state index < -0.39 is 0 Å². The number of hydrogen-bond acceptors (Lipinski definition) is 2. The summed E-state index contributed by atoms with van der Waals surface area (Å²) in [5.41, 5.74) is 4.55. The van der Waals surface area contributed by atoms with Crippen molar-refractivity contribution in [3.63, 3.8) is 0 Å². The van der Waals surface area contributed by atoms with Crippen molar-refractivity contribution >= 4 is 0 Å². The fraction of sp³-hybridized carbons (Fsp3) is 0.0588. The van der Waals surface area contributed by atoms with Crippen LogP contribution >= 0.6 is 0 Å². The monoisotopic (exact) mass is 262 g/mol. The first-order chi connectivity index (χ1) is 9.75. The average Bonchev–Trinajstić information content (AvgIpc) is 2.51. The third-order valence-corrected chi connectivity index (χ3v) is 3.35. The van der Waals surface area contributed by atoms with Crippen LogP contribution in [-0.4, -0.2) is 9.97 Å². The Morgan fingerprint density at radius 3 is 2.15 bits per heavy atom. The van der Waals surface area contributed by atoms with E-state index in [1.54, 1.807) is 6.92 Å². The van der Waals surface area contributed by atoms with Crippen LogP contribution in [0.15, 0.2) is 65.7 Å². The largest absolute Gasteiger partial charge is 0.313 e. The maximum Gasteiger partial charge on any atom is 0.254 e. The van der Waals surface area contributed by atoms with E-state index >= 15 is 0 Å². The van der Waals surface area contributed by atoms with E-state index in [1.165, 1.54) is 11.9 Å². The number of nitrogens with one attached hydrogen (secondary N) is 1. The molecule has 98 valence electrons. The summed E-state index contributed by atoms with van der Waals surface area (Å²) < 4.78 is 0. The lowest BCUT2D eigenvalue weighted by Crippen LogP contribution is -2.11. The van der Waals surface area contributed by atoms with Crippen molar-refractivity contribution in [2.24, 2.45) is 0 Å². The molecule has 3 nitrogen and oxygen atoms in total. The number of benzene rings is 2. The van der Waals surface area contributed by atoms with Crippen LogP contribution in [0.4, 0.5) is 0 Å². The SMILES string of the molecule is Cc1c(-c2ccc(-c3ccccc3)cc2)nc[nH]c1=O. The molecule has 0 aliphatic carbocycles. The first kappa shape index (κ1) is 12.4. The maximum absolute atomic E-state index is 11.6. The second-order valence-electron chi connectivity index (χ2n) is 4.65. The van der Waals surface area contributed by atoms with Crippen LogP contribution in [0.3, 0.4) is 0 Å². The molecule has 0 unspecified atom stereocenters. The molecule has 2 aromatic carbocycles. The van der Waals surface area contributed by atoms with Gasteiger partial charge in [0.2, 0.25) is 0 Å². The van der Waals surface area contributed by atoms with Gasteiger partial charge in [-0.25, -0.2) is 4.98 Å². The predicted molar refractivity (Wildman–Crippen MR) is 80.5 cm³/mol. The average molecular weight is 262 g/mol. The van der Waals surface area contributed by atoms with Gasteiger partial charge in [-0.2, -0.15) is 0 Å². The quantitative estimate of drug-likeness (QED) is 0.769. The first-order valence-electron chi connectivity index (χ1n) is 6.46. The summed E-state index contributed by atoms with van der Waals surface area (Å²) in [4.78, 5) is 18.4. The summed E-state index contributed by atoms with van der Waals surface area (Å²) in [6.45, 7) is 1.78. The molecule has 3 heteroatoms. The molecule has 0 saturated heterocycles. The highest BCUT2D eigenvalue weighted by Crippen LogP contribution is 2.24. The second-order valence-corrected chi connectivity index (χ2v) is 4.65. The van der Waals surface area contributed by atoms with Gasteiger partial charge in [0.1, 0.15) is 0 Å². The summed E-state index contributed by atoms with van der Waals surface area (Å²) in [6, 6.07) is 18.3. The summed E-state index contributed by atoms with van der Waals surface area (Å²) in [7, 11) is 0. The molecule has 3 rings (SSSR count). The lowest BCUT2D eigenvalue weighted by molar-refractivity contribution is 1.08. The number of aromatic amines is 1. The van der Waals surface area contributed by atoms with Crippen LogP contribution in [0, 0.1) is 6.92 Å². The molecule has 3 aromatic rings. The highest BCUT2D eigenvalue weighted by Gasteiger charge is 2.06. The van der Waals surface area contributed by atoms with Crippen molar-refractivity contribution in [1.82, 2.24) is 9.97 Å². The number of H-pyrrole nitrogens is 1. The van der Waals surface area contributed by atoms with Crippen molar-refractivity contribution in [2.75, 3.05) is 0 Å². The Hall–Kier alpha value is -2.68. The minimum atomic E-state index is -0.0952. The van der Waals surface area contributed by atoms with Crippen LogP contribution in [0.5, 0.6) is 0 Å². The van der Waals surface area contributed by atoms with Gasteiger partial charge >= 0.3 is 0 Å². The van der Waals surface area contributed by atoms with Gasteiger partial charge in [-0.15, -0.1) is 0 Å². The Labute approximate surface area is 117 Å². The minimum Gasteiger partial charge on any atom is -0.313 e. The summed E-state index contributed by atoms with van der Waals surface area (Å²) >= 11 is 0. The molecule has 20 heavy (non-hydrogen) atoms. The van der Waals surface area contributed by atoms with E-state index in [9.17, 15) is 4.79 Å². The first-order valence-corrected chi connectivity index (χ1v) is 6.46. The molecule has 0 bridgehead atoms. The highest BCUT2D eigenvalue weighted by molar-refractivity contribution is 5.69. The van der Waals surface area contributed by atoms with Gasteiger partial charge in [-0.1, -0.05) is 54.6 Å². The third kappa shape index (κ3) is 2.26. The predicted octanol–water partition coefficient (Wildman–Crippen LogP) is 3.41. The number of aromatic nitrogens is 2. The van der Waals surface area contributed by atoms with Crippen molar-refractivity contribution in [1.29, 1.82) is 0 Å².